The molecule has 0 aliphatic carbocycles. The molecule has 0 atom stereocenters. The molecule has 1 N–H and O–H groups in total. The van der Waals surface area contributed by atoms with Crippen LogP contribution in [0, 0.1) is 6.92 Å². The van der Waals surface area contributed by atoms with Crippen molar-refractivity contribution < 1.29 is 9.53 Å². The molecule has 0 aliphatic heterocycles. The molecule has 0 fully saturated rings. The third kappa shape index (κ3) is 7.21. The molecule has 1 amide bonds. The van der Waals surface area contributed by atoms with Crippen LogP contribution in [0.3, 0.4) is 0 Å². The molecule has 4 nitrogen and oxygen atoms in total. The highest BCUT2D eigenvalue weighted by molar-refractivity contribution is 5.83. The number of carbonyl (C=O) groups excluding carboxylic acids is 1. The first-order valence-corrected chi connectivity index (χ1v) is 8.77. The van der Waals surface area contributed by atoms with Crippen molar-refractivity contribution in [1.29, 1.82) is 0 Å². The topological polar surface area (TPSA) is 50.7 Å². The number of nitrogens with one attached hydrogen (secondary N) is 1. The normalized spacial score (nSPS) is 10.8. The predicted molar refractivity (Wildman–Crippen MR) is 102 cm³/mol. The molecule has 132 valence electrons. The first-order chi connectivity index (χ1) is 12.2. The number of ether oxygens (including phenoxy) is 1. The first kappa shape index (κ1) is 18.7. The van der Waals surface area contributed by atoms with E-state index in [1.807, 2.05) is 55.5 Å². The van der Waals surface area contributed by atoms with Gasteiger partial charge in [0.15, 0.2) is 0 Å². The van der Waals surface area contributed by atoms with Crippen molar-refractivity contribution in [3.05, 3.63) is 65.2 Å². The van der Waals surface area contributed by atoms with E-state index in [9.17, 15) is 4.79 Å². The molecule has 0 aliphatic rings. The molecule has 2 aromatic rings. The monoisotopic (exact) mass is 338 g/mol. The predicted octanol–water partition coefficient (Wildman–Crippen LogP) is 4.26. The van der Waals surface area contributed by atoms with E-state index in [0.717, 1.165) is 29.9 Å². The van der Waals surface area contributed by atoms with Gasteiger partial charge in [0, 0.05) is 0 Å². The van der Waals surface area contributed by atoms with Crippen molar-refractivity contribution in [2.24, 2.45) is 5.10 Å². The van der Waals surface area contributed by atoms with Gasteiger partial charge in [0.25, 0.3) is 0 Å². The van der Waals surface area contributed by atoms with E-state index >= 15 is 0 Å². The fourth-order valence-corrected chi connectivity index (χ4v) is 2.30. The van der Waals surface area contributed by atoms with Crippen molar-refractivity contribution >= 4 is 12.1 Å². The number of aryl methyl sites for hydroxylation is 1. The van der Waals surface area contributed by atoms with E-state index in [1.165, 1.54) is 18.4 Å². The summed E-state index contributed by atoms with van der Waals surface area (Å²) >= 11 is 0. The zero-order valence-electron chi connectivity index (χ0n) is 15.0. The highest BCUT2D eigenvalue weighted by Crippen LogP contribution is 2.12. The van der Waals surface area contributed by atoms with Crippen LogP contribution in [0.2, 0.25) is 0 Å². The number of hydrazone groups is 1. The van der Waals surface area contributed by atoms with Crippen LogP contribution in [0.4, 0.5) is 0 Å². The minimum absolute atomic E-state index is 0.129. The van der Waals surface area contributed by atoms with Crippen LogP contribution in [0.5, 0.6) is 5.75 Å². The van der Waals surface area contributed by atoms with Crippen molar-refractivity contribution in [1.82, 2.24) is 5.43 Å². The Labute approximate surface area is 149 Å². The lowest BCUT2D eigenvalue weighted by molar-refractivity contribution is -0.120. The maximum atomic E-state index is 11.9. The second-order valence-electron chi connectivity index (χ2n) is 6.08. The van der Waals surface area contributed by atoms with E-state index in [-0.39, 0.29) is 5.91 Å². The Morgan fingerprint density at radius 1 is 1.08 bits per heavy atom. The molecule has 4 heteroatoms. The van der Waals surface area contributed by atoms with E-state index in [1.54, 1.807) is 6.21 Å². The van der Waals surface area contributed by atoms with Gasteiger partial charge in [-0.3, -0.25) is 4.79 Å². The van der Waals surface area contributed by atoms with Crippen LogP contribution >= 0.6 is 0 Å². The van der Waals surface area contributed by atoms with Gasteiger partial charge in [0.2, 0.25) is 5.91 Å². The lowest BCUT2D eigenvalue weighted by Crippen LogP contribution is -2.19. The molecule has 2 rings (SSSR count). The SMILES string of the molecule is CCCCCOc1ccc(/C=N\NC(=O)Cc2ccc(C)cc2)cc1. The average Bonchev–Trinajstić information content (AvgIpc) is 2.62. The van der Waals surface area contributed by atoms with Gasteiger partial charge in [-0.05, 0) is 48.7 Å². The zero-order valence-corrected chi connectivity index (χ0v) is 15.0. The summed E-state index contributed by atoms with van der Waals surface area (Å²) in [5.74, 6) is 0.729. The molecular formula is C21H26N2O2. The Morgan fingerprint density at radius 3 is 2.48 bits per heavy atom. The fraction of sp³-hybridized carbons (Fsp3) is 0.333. The van der Waals surface area contributed by atoms with Crippen molar-refractivity contribution in [2.45, 2.75) is 39.5 Å². The smallest absolute Gasteiger partial charge is 0.244 e. The quantitative estimate of drug-likeness (QED) is 0.422. The summed E-state index contributed by atoms with van der Waals surface area (Å²) in [5.41, 5.74) is 5.63. The number of amides is 1. The molecule has 0 spiro atoms. The highest BCUT2D eigenvalue weighted by atomic mass is 16.5. The van der Waals surface area contributed by atoms with Gasteiger partial charge in [-0.25, -0.2) is 5.43 Å². The molecule has 0 radical (unpaired) electrons. The van der Waals surface area contributed by atoms with Gasteiger partial charge in [0.1, 0.15) is 5.75 Å². The van der Waals surface area contributed by atoms with Crippen LogP contribution < -0.4 is 10.2 Å². The lowest BCUT2D eigenvalue weighted by Gasteiger charge is -2.05. The third-order valence-electron chi connectivity index (χ3n) is 3.78. The van der Waals surface area contributed by atoms with Crippen LogP contribution in [0.25, 0.3) is 0 Å². The van der Waals surface area contributed by atoms with E-state index < -0.39 is 0 Å². The summed E-state index contributed by atoms with van der Waals surface area (Å²) in [4.78, 5) is 11.9. The van der Waals surface area contributed by atoms with Gasteiger partial charge in [-0.2, -0.15) is 5.10 Å². The zero-order chi connectivity index (χ0) is 17.9. The standard InChI is InChI=1S/C21H26N2O2/c1-3-4-5-14-25-20-12-10-19(11-13-20)16-22-23-21(24)15-18-8-6-17(2)7-9-18/h6-13,16H,3-5,14-15H2,1-2H3,(H,23,24)/b22-16-. The summed E-state index contributed by atoms with van der Waals surface area (Å²) in [7, 11) is 0. The van der Waals surface area contributed by atoms with E-state index in [4.69, 9.17) is 4.74 Å². The van der Waals surface area contributed by atoms with Crippen LogP contribution in [0.15, 0.2) is 53.6 Å². The molecule has 0 bridgehead atoms. The summed E-state index contributed by atoms with van der Waals surface area (Å²) in [6, 6.07) is 15.6. The van der Waals surface area contributed by atoms with E-state index in [2.05, 4.69) is 17.5 Å². The van der Waals surface area contributed by atoms with Crippen LogP contribution in [0.1, 0.15) is 42.9 Å². The average molecular weight is 338 g/mol. The molecule has 0 heterocycles. The van der Waals surface area contributed by atoms with Crippen molar-refractivity contribution in [3.63, 3.8) is 0 Å². The molecule has 0 saturated heterocycles. The Morgan fingerprint density at radius 2 is 1.80 bits per heavy atom. The molecule has 2 aromatic carbocycles. The minimum Gasteiger partial charge on any atom is -0.494 e. The minimum atomic E-state index is -0.129. The van der Waals surface area contributed by atoms with Gasteiger partial charge in [-0.15, -0.1) is 0 Å². The van der Waals surface area contributed by atoms with E-state index in [0.29, 0.717) is 6.42 Å². The summed E-state index contributed by atoms with van der Waals surface area (Å²) in [6.07, 6.45) is 5.41. The Balaban J connectivity index is 1.75. The number of hydrogen-bond acceptors (Lipinski definition) is 3. The first-order valence-electron chi connectivity index (χ1n) is 8.77. The summed E-state index contributed by atoms with van der Waals surface area (Å²) in [6.45, 7) is 4.94. The maximum Gasteiger partial charge on any atom is 0.244 e. The Bertz CT molecular complexity index is 676. The fourth-order valence-electron chi connectivity index (χ4n) is 2.30. The number of unbranched alkanes of at least 4 members (excludes halogenated alkanes) is 2. The van der Waals surface area contributed by atoms with Crippen molar-refractivity contribution in [3.8, 4) is 5.75 Å². The lowest BCUT2D eigenvalue weighted by atomic mass is 10.1. The van der Waals surface area contributed by atoms with Gasteiger partial charge >= 0.3 is 0 Å². The van der Waals surface area contributed by atoms with Gasteiger partial charge < -0.3 is 4.74 Å². The van der Waals surface area contributed by atoms with Crippen LogP contribution in [-0.4, -0.2) is 18.7 Å². The number of carbonyl (C=O) groups is 1. The molecule has 0 saturated carbocycles. The summed E-state index contributed by atoms with van der Waals surface area (Å²) < 4.78 is 5.67. The molecule has 0 unspecified atom stereocenters. The second kappa shape index (κ2) is 10.3. The Kier molecular flexibility index (Phi) is 7.70. The van der Waals surface area contributed by atoms with Gasteiger partial charge in [-0.1, -0.05) is 49.6 Å². The summed E-state index contributed by atoms with van der Waals surface area (Å²) in [5, 5.41) is 4.01. The number of nitrogens with zero attached hydrogens (tertiary/aromatic N) is 1. The second-order valence-corrected chi connectivity index (χ2v) is 6.08. The largest absolute Gasteiger partial charge is 0.494 e. The third-order valence-corrected chi connectivity index (χ3v) is 3.78. The number of benzene rings is 2. The van der Waals surface area contributed by atoms with Crippen molar-refractivity contribution in [2.75, 3.05) is 6.61 Å². The molecule has 0 aromatic heterocycles. The number of rotatable bonds is 9. The number of hydrogen-bond donors (Lipinski definition) is 1. The molecular weight excluding hydrogens is 312 g/mol. The molecule has 25 heavy (non-hydrogen) atoms. The van der Waals surface area contributed by atoms with Crippen LogP contribution in [-0.2, 0) is 11.2 Å². The van der Waals surface area contributed by atoms with Gasteiger partial charge in [0.05, 0.1) is 19.2 Å². The highest BCUT2D eigenvalue weighted by Gasteiger charge is 2.01. The Hall–Kier alpha value is -2.62. The maximum absolute atomic E-state index is 11.9.